The van der Waals surface area contributed by atoms with E-state index in [1.165, 1.54) is 0 Å². The molecule has 0 saturated heterocycles. The maximum Gasteiger partial charge on any atom is 0.144 e. The quantitative estimate of drug-likeness (QED) is 0.487. The molecule has 0 aliphatic rings. The van der Waals surface area contributed by atoms with Gasteiger partial charge in [-0.25, -0.2) is 0 Å². The molecule has 0 aromatic heterocycles. The Morgan fingerprint density at radius 3 is 1.73 bits per heavy atom. The molecule has 0 aromatic rings. The van der Waals surface area contributed by atoms with Gasteiger partial charge in [-0.15, -0.1) is 0 Å². The first-order chi connectivity index (χ1) is 6.90. The Labute approximate surface area is 88.1 Å². The third-order valence-corrected chi connectivity index (χ3v) is 2.69. The van der Waals surface area contributed by atoms with Crippen molar-refractivity contribution in [2.24, 2.45) is 5.41 Å². The topological polar surface area (TPSA) is 97.3 Å². The monoisotopic (exact) mass is 214 g/mol. The first-order valence-corrected chi connectivity index (χ1v) is 4.85. The molecule has 0 bridgehead atoms. The molecule has 5 heteroatoms. The fraction of sp³-hybridized carbons (Fsp3) is 0.700. The van der Waals surface area contributed by atoms with Gasteiger partial charge in [-0.1, -0.05) is 13.8 Å². The highest BCUT2D eigenvalue weighted by atomic mass is 16.4. The molecule has 0 N–H and O–H groups in total. The lowest BCUT2D eigenvalue weighted by Gasteiger charge is -2.31. The molecule has 0 rings (SSSR count). The Balaban J connectivity index is 4.70. The van der Waals surface area contributed by atoms with Crippen LogP contribution >= 0.6 is 0 Å². The van der Waals surface area contributed by atoms with Crippen molar-refractivity contribution in [2.45, 2.75) is 39.5 Å². The summed E-state index contributed by atoms with van der Waals surface area (Å²) in [4.78, 5) is 32.6. The van der Waals surface area contributed by atoms with Crippen LogP contribution in [0.1, 0.15) is 39.5 Å². The fourth-order valence-electron chi connectivity index (χ4n) is 1.50. The first-order valence-electron chi connectivity index (χ1n) is 4.85. The van der Waals surface area contributed by atoms with Gasteiger partial charge in [-0.05, 0) is 19.3 Å². The SMILES string of the molecule is CCC(CC)(C(=O)[O-])C(=O)CCC(=O)[O-]. The average Bonchev–Trinajstić information content (AvgIpc) is 2.17. The molecule has 0 fully saturated rings. The van der Waals surface area contributed by atoms with E-state index in [2.05, 4.69) is 0 Å². The predicted octanol–water partition coefficient (Wildman–Crippen LogP) is -1.36. The normalized spacial score (nSPS) is 11.1. The van der Waals surface area contributed by atoms with Crippen LogP contribution in [-0.4, -0.2) is 17.7 Å². The van der Waals surface area contributed by atoms with Crippen molar-refractivity contribution in [3.8, 4) is 0 Å². The molecule has 15 heavy (non-hydrogen) atoms. The van der Waals surface area contributed by atoms with Gasteiger partial charge in [0, 0.05) is 12.4 Å². The van der Waals surface area contributed by atoms with Crippen LogP contribution in [0.25, 0.3) is 0 Å². The number of Topliss-reactive ketones (excluding diaryl/α,β-unsaturated/α-hetero) is 1. The number of aliphatic carboxylic acids is 2. The maximum atomic E-state index is 11.6. The van der Waals surface area contributed by atoms with Crippen LogP contribution in [0.4, 0.5) is 0 Å². The van der Waals surface area contributed by atoms with Gasteiger partial charge in [-0.3, -0.25) is 4.79 Å². The van der Waals surface area contributed by atoms with Crippen LogP contribution in [0.15, 0.2) is 0 Å². The third-order valence-electron chi connectivity index (χ3n) is 2.69. The van der Waals surface area contributed by atoms with E-state index in [0.29, 0.717) is 0 Å². The van der Waals surface area contributed by atoms with Gasteiger partial charge in [0.15, 0.2) is 0 Å². The van der Waals surface area contributed by atoms with Crippen molar-refractivity contribution in [3.63, 3.8) is 0 Å². The van der Waals surface area contributed by atoms with Crippen molar-refractivity contribution < 1.29 is 24.6 Å². The van der Waals surface area contributed by atoms with E-state index >= 15 is 0 Å². The smallest absolute Gasteiger partial charge is 0.144 e. The summed E-state index contributed by atoms with van der Waals surface area (Å²) < 4.78 is 0. The second-order valence-corrected chi connectivity index (χ2v) is 3.37. The minimum absolute atomic E-state index is 0.109. The van der Waals surface area contributed by atoms with Crippen LogP contribution in [0.3, 0.4) is 0 Å². The van der Waals surface area contributed by atoms with Crippen LogP contribution in [0.5, 0.6) is 0 Å². The second-order valence-electron chi connectivity index (χ2n) is 3.37. The zero-order valence-electron chi connectivity index (χ0n) is 8.87. The lowest BCUT2D eigenvalue weighted by atomic mass is 9.77. The van der Waals surface area contributed by atoms with Crippen molar-refractivity contribution >= 4 is 17.7 Å². The zero-order valence-corrected chi connectivity index (χ0v) is 8.87. The van der Waals surface area contributed by atoms with E-state index in [1.54, 1.807) is 13.8 Å². The molecule has 86 valence electrons. The number of hydrogen-bond donors (Lipinski definition) is 0. The van der Waals surface area contributed by atoms with E-state index in [4.69, 9.17) is 0 Å². The van der Waals surface area contributed by atoms with E-state index in [0.717, 1.165) is 0 Å². The van der Waals surface area contributed by atoms with Crippen LogP contribution in [0.2, 0.25) is 0 Å². The van der Waals surface area contributed by atoms with Gasteiger partial charge < -0.3 is 19.8 Å². The molecule has 0 atom stereocenters. The van der Waals surface area contributed by atoms with Crippen LogP contribution < -0.4 is 10.2 Å². The number of carbonyl (C=O) groups excluding carboxylic acids is 3. The Kier molecular flexibility index (Phi) is 4.97. The van der Waals surface area contributed by atoms with Crippen molar-refractivity contribution in [1.29, 1.82) is 0 Å². The molecule has 0 aliphatic heterocycles. The minimum Gasteiger partial charge on any atom is -0.550 e. The molecule has 0 amide bonds. The largest absolute Gasteiger partial charge is 0.550 e. The highest BCUT2D eigenvalue weighted by Crippen LogP contribution is 2.28. The highest BCUT2D eigenvalue weighted by Gasteiger charge is 2.35. The number of rotatable bonds is 7. The van der Waals surface area contributed by atoms with E-state index in [9.17, 15) is 24.6 Å². The molecule has 5 nitrogen and oxygen atoms in total. The van der Waals surface area contributed by atoms with E-state index < -0.39 is 29.6 Å². The standard InChI is InChI=1S/C10H16O5/c1-3-10(4-2,9(14)15)7(11)5-6-8(12)13/h3-6H2,1-2H3,(H,12,13)(H,14,15)/p-2. The van der Waals surface area contributed by atoms with Gasteiger partial charge in [0.2, 0.25) is 0 Å². The van der Waals surface area contributed by atoms with Gasteiger partial charge in [0.05, 0.1) is 11.4 Å². The Bertz CT molecular complexity index is 265. The zero-order chi connectivity index (χ0) is 12.1. The van der Waals surface area contributed by atoms with Gasteiger partial charge >= 0.3 is 0 Å². The summed E-state index contributed by atoms with van der Waals surface area (Å²) in [7, 11) is 0. The second kappa shape index (κ2) is 5.48. The summed E-state index contributed by atoms with van der Waals surface area (Å²) >= 11 is 0. The number of hydrogen-bond acceptors (Lipinski definition) is 5. The first kappa shape index (κ1) is 13.6. The maximum absolute atomic E-state index is 11.6. The Morgan fingerprint density at radius 2 is 1.47 bits per heavy atom. The molecule has 0 radical (unpaired) electrons. The Hall–Kier alpha value is -1.39. The highest BCUT2D eigenvalue weighted by molar-refractivity contribution is 6.02. The molecule has 0 saturated carbocycles. The molecule has 0 aliphatic carbocycles. The summed E-state index contributed by atoms with van der Waals surface area (Å²) in [6.45, 7) is 3.13. The van der Waals surface area contributed by atoms with Gasteiger partial charge in [-0.2, -0.15) is 0 Å². The molecule has 0 aromatic carbocycles. The summed E-state index contributed by atoms with van der Waals surface area (Å²) in [6, 6.07) is 0. The number of carboxylic acids is 2. The van der Waals surface area contributed by atoms with Gasteiger partial charge in [0.1, 0.15) is 5.78 Å². The van der Waals surface area contributed by atoms with Crippen molar-refractivity contribution in [1.82, 2.24) is 0 Å². The summed E-state index contributed by atoms with van der Waals surface area (Å²) in [5.74, 6) is -3.39. The van der Waals surface area contributed by atoms with Crippen LogP contribution in [0, 0.1) is 5.41 Å². The lowest BCUT2D eigenvalue weighted by molar-refractivity contribution is -0.318. The van der Waals surface area contributed by atoms with Crippen molar-refractivity contribution in [2.75, 3.05) is 0 Å². The lowest BCUT2D eigenvalue weighted by Crippen LogP contribution is -2.47. The number of carbonyl (C=O) groups is 3. The summed E-state index contributed by atoms with van der Waals surface area (Å²) in [6.07, 6.45) is -0.554. The average molecular weight is 214 g/mol. The number of carboxylic acid groups (broad SMARTS) is 2. The van der Waals surface area contributed by atoms with E-state index in [1.807, 2.05) is 0 Å². The van der Waals surface area contributed by atoms with E-state index in [-0.39, 0.29) is 19.3 Å². The molecular formula is C10H14O5-2. The summed E-state index contributed by atoms with van der Waals surface area (Å²) in [5, 5.41) is 21.0. The number of ketones is 1. The van der Waals surface area contributed by atoms with Crippen LogP contribution in [-0.2, 0) is 14.4 Å². The van der Waals surface area contributed by atoms with Crippen molar-refractivity contribution in [3.05, 3.63) is 0 Å². The molecule has 0 spiro atoms. The molecule has 0 unspecified atom stereocenters. The third kappa shape index (κ3) is 3.04. The Morgan fingerprint density at radius 1 is 1.00 bits per heavy atom. The van der Waals surface area contributed by atoms with Gasteiger partial charge in [0.25, 0.3) is 0 Å². The molecule has 0 heterocycles. The predicted molar refractivity (Wildman–Crippen MR) is 47.3 cm³/mol. The summed E-state index contributed by atoms with van der Waals surface area (Å²) in [5.41, 5.74) is -1.55. The fourth-order valence-corrected chi connectivity index (χ4v) is 1.50. The minimum atomic E-state index is -1.55. The molecular weight excluding hydrogens is 200 g/mol.